The molecule has 14 heavy (non-hydrogen) atoms. The first kappa shape index (κ1) is 10.4. The summed E-state index contributed by atoms with van der Waals surface area (Å²) in [6.07, 6.45) is 1.99. The molecular weight excluding hydrogens is 181 g/mol. The first-order chi connectivity index (χ1) is 6.44. The molecule has 2 aliphatic heterocycles. The van der Waals surface area contributed by atoms with Crippen LogP contribution in [0.25, 0.3) is 0 Å². The van der Waals surface area contributed by atoms with Crippen LogP contribution in [0.3, 0.4) is 0 Å². The Balaban J connectivity index is 1.96. The molecule has 0 radical (unpaired) electrons. The number of ether oxygens (including phenoxy) is 1. The molecule has 0 amide bonds. The largest absolute Gasteiger partial charge is 0.377 e. The lowest BCUT2D eigenvalue weighted by molar-refractivity contribution is -0.0648. The van der Waals surface area contributed by atoms with Crippen molar-refractivity contribution in [2.75, 3.05) is 19.7 Å². The Hall–Kier alpha value is -0.150. The molecule has 2 nitrogen and oxygen atoms in total. The van der Waals surface area contributed by atoms with E-state index in [-0.39, 0.29) is 11.6 Å². The average Bonchev–Trinajstić information content (AvgIpc) is 2.22. The predicted octanol–water partition coefficient (Wildman–Crippen LogP) is 1.99. The van der Waals surface area contributed by atoms with Gasteiger partial charge in [-0.2, -0.15) is 0 Å². The lowest BCUT2D eigenvalue weighted by Crippen LogP contribution is -2.58. The maximum Gasteiger partial charge on any atom is 0.122 e. The zero-order valence-corrected chi connectivity index (χ0v) is 9.35. The number of hydrogen-bond acceptors (Lipinski definition) is 2. The topological polar surface area (TPSA) is 12.5 Å². The SMILES string of the molecule is CC(C)OC[C@]12CCN1C[C@](C)(F)C2. The van der Waals surface area contributed by atoms with Crippen molar-refractivity contribution in [2.45, 2.75) is 50.9 Å². The number of alkyl halides is 1. The van der Waals surface area contributed by atoms with Gasteiger partial charge >= 0.3 is 0 Å². The maximum atomic E-state index is 13.8. The van der Waals surface area contributed by atoms with E-state index in [0.29, 0.717) is 19.6 Å². The van der Waals surface area contributed by atoms with E-state index in [2.05, 4.69) is 4.90 Å². The van der Waals surface area contributed by atoms with Crippen molar-refractivity contribution in [3.63, 3.8) is 0 Å². The Bertz CT molecular complexity index is 229. The monoisotopic (exact) mass is 201 g/mol. The van der Waals surface area contributed by atoms with E-state index < -0.39 is 5.67 Å². The van der Waals surface area contributed by atoms with Gasteiger partial charge in [0, 0.05) is 25.0 Å². The smallest absolute Gasteiger partial charge is 0.122 e. The lowest BCUT2D eigenvalue weighted by atomic mass is 9.84. The van der Waals surface area contributed by atoms with Gasteiger partial charge < -0.3 is 4.74 Å². The fraction of sp³-hybridized carbons (Fsp3) is 1.00. The van der Waals surface area contributed by atoms with Crippen molar-refractivity contribution >= 4 is 0 Å². The minimum Gasteiger partial charge on any atom is -0.377 e. The van der Waals surface area contributed by atoms with Gasteiger partial charge in [-0.1, -0.05) is 0 Å². The first-order valence-electron chi connectivity index (χ1n) is 5.49. The average molecular weight is 201 g/mol. The maximum absolute atomic E-state index is 13.8. The van der Waals surface area contributed by atoms with Gasteiger partial charge in [0.15, 0.2) is 0 Å². The molecule has 0 bridgehead atoms. The quantitative estimate of drug-likeness (QED) is 0.692. The number of fused-ring (bicyclic) bond motifs is 1. The summed E-state index contributed by atoms with van der Waals surface area (Å²) in [4.78, 5) is 2.25. The van der Waals surface area contributed by atoms with Gasteiger partial charge in [-0.05, 0) is 27.2 Å². The summed E-state index contributed by atoms with van der Waals surface area (Å²) in [5, 5.41) is 0. The van der Waals surface area contributed by atoms with Crippen LogP contribution in [0.4, 0.5) is 4.39 Å². The van der Waals surface area contributed by atoms with E-state index in [1.165, 1.54) is 0 Å². The number of nitrogens with zero attached hydrogens (tertiary/aromatic N) is 1. The lowest BCUT2D eigenvalue weighted by Gasteiger charge is -2.47. The number of halogens is 1. The second kappa shape index (κ2) is 3.17. The normalized spacial score (nSPS) is 42.6. The fourth-order valence-corrected chi connectivity index (χ4v) is 2.71. The van der Waals surface area contributed by atoms with E-state index in [1.54, 1.807) is 6.92 Å². The van der Waals surface area contributed by atoms with Crippen LogP contribution in [0.5, 0.6) is 0 Å². The Morgan fingerprint density at radius 3 is 2.64 bits per heavy atom. The van der Waals surface area contributed by atoms with Crippen LogP contribution in [-0.2, 0) is 4.74 Å². The summed E-state index contributed by atoms with van der Waals surface area (Å²) in [5.74, 6) is 0. The van der Waals surface area contributed by atoms with E-state index in [4.69, 9.17) is 4.74 Å². The van der Waals surface area contributed by atoms with Gasteiger partial charge in [0.05, 0.1) is 12.7 Å². The summed E-state index contributed by atoms with van der Waals surface area (Å²) in [6.45, 7) is 8.11. The molecule has 2 atom stereocenters. The summed E-state index contributed by atoms with van der Waals surface area (Å²) in [5.41, 5.74) is -0.968. The minimum atomic E-state index is -1.00. The van der Waals surface area contributed by atoms with E-state index >= 15 is 0 Å². The van der Waals surface area contributed by atoms with Gasteiger partial charge in [0.1, 0.15) is 5.67 Å². The van der Waals surface area contributed by atoms with Crippen LogP contribution in [0, 0.1) is 0 Å². The number of hydrogen-bond donors (Lipinski definition) is 0. The molecule has 0 aromatic heterocycles. The first-order valence-corrected chi connectivity index (χ1v) is 5.49. The molecule has 82 valence electrons. The van der Waals surface area contributed by atoms with Gasteiger partial charge in [-0.3, -0.25) is 4.90 Å². The van der Waals surface area contributed by atoms with Crippen molar-refractivity contribution in [2.24, 2.45) is 0 Å². The van der Waals surface area contributed by atoms with E-state index in [1.807, 2.05) is 13.8 Å². The van der Waals surface area contributed by atoms with Crippen LogP contribution in [-0.4, -0.2) is 41.9 Å². The third-order valence-corrected chi connectivity index (χ3v) is 3.42. The predicted molar refractivity (Wildman–Crippen MR) is 54.1 cm³/mol. The van der Waals surface area contributed by atoms with Crippen LogP contribution >= 0.6 is 0 Å². The molecular formula is C11H20FNO. The highest BCUT2D eigenvalue weighted by atomic mass is 19.1. The highest BCUT2D eigenvalue weighted by molar-refractivity contribution is 5.11. The van der Waals surface area contributed by atoms with Crippen LogP contribution in [0.1, 0.15) is 33.6 Å². The molecule has 0 spiro atoms. The second-order valence-electron chi connectivity index (χ2n) is 5.35. The highest BCUT2D eigenvalue weighted by Gasteiger charge is 2.56. The molecule has 2 saturated heterocycles. The van der Waals surface area contributed by atoms with Crippen molar-refractivity contribution in [1.29, 1.82) is 0 Å². The highest BCUT2D eigenvalue weighted by Crippen LogP contribution is 2.46. The molecule has 0 N–H and O–H groups in total. The molecule has 3 heteroatoms. The Morgan fingerprint density at radius 2 is 2.21 bits per heavy atom. The molecule has 0 saturated carbocycles. The molecule has 0 aromatic carbocycles. The molecule has 0 unspecified atom stereocenters. The Morgan fingerprint density at radius 1 is 1.50 bits per heavy atom. The summed E-state index contributed by atoms with van der Waals surface area (Å²) in [6, 6.07) is 0. The van der Waals surface area contributed by atoms with Crippen molar-refractivity contribution in [3.05, 3.63) is 0 Å². The molecule has 2 heterocycles. The second-order valence-corrected chi connectivity index (χ2v) is 5.35. The third kappa shape index (κ3) is 1.68. The van der Waals surface area contributed by atoms with E-state index in [0.717, 1.165) is 13.0 Å². The molecule has 0 aromatic rings. The zero-order valence-electron chi connectivity index (χ0n) is 9.35. The van der Waals surface area contributed by atoms with Crippen LogP contribution in [0.2, 0.25) is 0 Å². The van der Waals surface area contributed by atoms with Crippen molar-refractivity contribution in [1.82, 2.24) is 4.90 Å². The fourth-order valence-electron chi connectivity index (χ4n) is 2.71. The molecule has 2 fully saturated rings. The Kier molecular flexibility index (Phi) is 2.35. The van der Waals surface area contributed by atoms with Crippen LogP contribution < -0.4 is 0 Å². The van der Waals surface area contributed by atoms with Crippen LogP contribution in [0.15, 0.2) is 0 Å². The standard InChI is InChI=1S/C11H20FNO/c1-9(2)14-8-11-4-5-13(11)7-10(3,12)6-11/h9H,4-8H2,1-3H3/t10-,11-/m1/s1. The summed E-state index contributed by atoms with van der Waals surface area (Å²) in [7, 11) is 0. The van der Waals surface area contributed by atoms with Gasteiger partial charge in [-0.25, -0.2) is 4.39 Å². The van der Waals surface area contributed by atoms with Crippen molar-refractivity contribution in [3.8, 4) is 0 Å². The van der Waals surface area contributed by atoms with Gasteiger partial charge in [0.25, 0.3) is 0 Å². The Labute approximate surface area is 85.4 Å². The molecule has 2 aliphatic rings. The third-order valence-electron chi connectivity index (χ3n) is 3.42. The zero-order chi connectivity index (χ0) is 10.4. The molecule has 0 aliphatic carbocycles. The van der Waals surface area contributed by atoms with Gasteiger partial charge in [-0.15, -0.1) is 0 Å². The number of rotatable bonds is 3. The molecule has 2 rings (SSSR count). The van der Waals surface area contributed by atoms with E-state index in [9.17, 15) is 4.39 Å². The summed E-state index contributed by atoms with van der Waals surface area (Å²) < 4.78 is 19.5. The van der Waals surface area contributed by atoms with Crippen molar-refractivity contribution < 1.29 is 9.13 Å². The van der Waals surface area contributed by atoms with Gasteiger partial charge in [0.2, 0.25) is 0 Å². The summed E-state index contributed by atoms with van der Waals surface area (Å²) >= 11 is 0. The minimum absolute atomic E-state index is 0.0355.